The molecule has 7 nitrogen and oxygen atoms in total. The standard InChI is InChI=1S/C24H20N4O3/c1-15-4-3-5-20-21(15)27-22(26-20)17-10-12-18(13-11-17)23(29)28-25-14-16-6-8-19(9-7-16)24(30)31-2/h3-14H,1-2H3,(H,26,27)(H,28,29)/b25-14+. The Bertz CT molecular complexity index is 1270. The number of amides is 1. The number of aryl methyl sites for hydroxylation is 1. The topological polar surface area (TPSA) is 96.4 Å². The molecule has 0 bridgehead atoms. The Balaban J connectivity index is 1.41. The van der Waals surface area contributed by atoms with Crippen LogP contribution in [0, 0.1) is 6.92 Å². The van der Waals surface area contributed by atoms with E-state index in [2.05, 4.69) is 25.2 Å². The first-order valence-electron chi connectivity index (χ1n) is 9.63. The second-order valence-corrected chi connectivity index (χ2v) is 6.95. The normalized spacial score (nSPS) is 11.0. The fourth-order valence-corrected chi connectivity index (χ4v) is 3.14. The van der Waals surface area contributed by atoms with Gasteiger partial charge >= 0.3 is 5.97 Å². The van der Waals surface area contributed by atoms with Crippen LogP contribution in [0.3, 0.4) is 0 Å². The molecule has 4 aromatic rings. The van der Waals surface area contributed by atoms with Crippen molar-refractivity contribution in [1.82, 2.24) is 15.4 Å². The van der Waals surface area contributed by atoms with Crippen LogP contribution in [0.15, 0.2) is 71.8 Å². The monoisotopic (exact) mass is 412 g/mol. The molecule has 0 aliphatic carbocycles. The largest absolute Gasteiger partial charge is 0.465 e. The number of ether oxygens (including phenoxy) is 1. The van der Waals surface area contributed by atoms with E-state index in [1.165, 1.54) is 13.3 Å². The van der Waals surface area contributed by atoms with Gasteiger partial charge in [0.1, 0.15) is 5.82 Å². The number of carbonyl (C=O) groups excluding carboxylic acids is 2. The highest BCUT2D eigenvalue weighted by atomic mass is 16.5. The van der Waals surface area contributed by atoms with E-state index in [1.54, 1.807) is 36.4 Å². The molecule has 31 heavy (non-hydrogen) atoms. The number of aromatic nitrogens is 2. The van der Waals surface area contributed by atoms with Crippen molar-refractivity contribution in [3.05, 3.63) is 89.0 Å². The van der Waals surface area contributed by atoms with Crippen LogP contribution in [0.5, 0.6) is 0 Å². The van der Waals surface area contributed by atoms with E-state index in [0.29, 0.717) is 11.1 Å². The minimum Gasteiger partial charge on any atom is -0.465 e. The first kappa shape index (κ1) is 20.0. The third-order valence-corrected chi connectivity index (χ3v) is 4.85. The maximum atomic E-state index is 12.3. The molecular weight excluding hydrogens is 392 g/mol. The van der Waals surface area contributed by atoms with E-state index >= 15 is 0 Å². The van der Waals surface area contributed by atoms with Gasteiger partial charge in [-0.1, -0.05) is 36.4 Å². The molecule has 4 rings (SSSR count). The van der Waals surface area contributed by atoms with Crippen molar-refractivity contribution in [1.29, 1.82) is 0 Å². The van der Waals surface area contributed by atoms with Crippen LogP contribution in [0.4, 0.5) is 0 Å². The second kappa shape index (κ2) is 8.62. The summed E-state index contributed by atoms with van der Waals surface area (Å²) in [5, 5.41) is 3.97. The van der Waals surface area contributed by atoms with Gasteiger partial charge in [-0.25, -0.2) is 15.2 Å². The number of fused-ring (bicyclic) bond motifs is 1. The Labute approximate surface area is 178 Å². The summed E-state index contributed by atoms with van der Waals surface area (Å²) in [4.78, 5) is 31.7. The van der Waals surface area contributed by atoms with E-state index in [-0.39, 0.29) is 5.91 Å². The Morgan fingerprint density at radius 1 is 1.00 bits per heavy atom. The minimum absolute atomic E-state index is 0.325. The van der Waals surface area contributed by atoms with Gasteiger partial charge in [-0.3, -0.25) is 4.79 Å². The van der Waals surface area contributed by atoms with Crippen molar-refractivity contribution in [3.63, 3.8) is 0 Å². The van der Waals surface area contributed by atoms with Gasteiger partial charge in [-0.05, 0) is 48.4 Å². The number of H-pyrrole nitrogens is 1. The fourth-order valence-electron chi connectivity index (χ4n) is 3.14. The van der Waals surface area contributed by atoms with Gasteiger partial charge in [0.25, 0.3) is 5.91 Å². The number of imidazole rings is 1. The van der Waals surface area contributed by atoms with Crippen LogP contribution >= 0.6 is 0 Å². The lowest BCUT2D eigenvalue weighted by Gasteiger charge is -2.02. The first-order valence-corrected chi connectivity index (χ1v) is 9.63. The number of para-hydroxylation sites is 1. The summed E-state index contributed by atoms with van der Waals surface area (Å²) < 4.78 is 4.66. The van der Waals surface area contributed by atoms with Gasteiger partial charge in [-0.15, -0.1) is 0 Å². The maximum Gasteiger partial charge on any atom is 0.337 e. The zero-order chi connectivity index (χ0) is 21.8. The molecule has 0 radical (unpaired) electrons. The third kappa shape index (κ3) is 4.35. The average molecular weight is 412 g/mol. The predicted molar refractivity (Wildman–Crippen MR) is 119 cm³/mol. The number of hydrazone groups is 1. The predicted octanol–water partition coefficient (Wildman–Crippen LogP) is 4.09. The molecule has 0 saturated carbocycles. The summed E-state index contributed by atoms with van der Waals surface area (Å²) >= 11 is 0. The number of aromatic amines is 1. The van der Waals surface area contributed by atoms with Crippen LogP contribution in [0.25, 0.3) is 22.4 Å². The molecule has 2 N–H and O–H groups in total. The van der Waals surface area contributed by atoms with Crippen molar-refractivity contribution < 1.29 is 14.3 Å². The number of benzene rings is 3. The van der Waals surface area contributed by atoms with Gasteiger partial charge in [-0.2, -0.15) is 5.10 Å². The highest BCUT2D eigenvalue weighted by Crippen LogP contribution is 2.22. The lowest BCUT2D eigenvalue weighted by molar-refractivity contribution is 0.0600. The number of rotatable bonds is 5. The molecule has 0 aliphatic rings. The number of esters is 1. The van der Waals surface area contributed by atoms with Crippen molar-refractivity contribution in [2.45, 2.75) is 6.92 Å². The molecule has 0 fully saturated rings. The number of carbonyl (C=O) groups is 2. The summed E-state index contributed by atoms with van der Waals surface area (Å²) in [5.41, 5.74) is 8.08. The fraction of sp³-hybridized carbons (Fsp3) is 0.0833. The molecule has 7 heteroatoms. The average Bonchev–Trinajstić information content (AvgIpc) is 3.25. The molecule has 0 aliphatic heterocycles. The van der Waals surface area contributed by atoms with Crippen molar-refractivity contribution in [3.8, 4) is 11.4 Å². The molecule has 1 amide bonds. The molecule has 154 valence electrons. The van der Waals surface area contributed by atoms with E-state index in [1.807, 2.05) is 37.3 Å². The van der Waals surface area contributed by atoms with Crippen molar-refractivity contribution >= 4 is 29.1 Å². The molecule has 0 unspecified atom stereocenters. The summed E-state index contributed by atoms with van der Waals surface area (Å²) in [5.74, 6) is 0.0251. The van der Waals surface area contributed by atoms with Crippen molar-refractivity contribution in [2.24, 2.45) is 5.10 Å². The van der Waals surface area contributed by atoms with E-state index in [4.69, 9.17) is 0 Å². The molecule has 0 spiro atoms. The minimum atomic E-state index is -0.405. The molecule has 3 aromatic carbocycles. The number of hydrogen-bond donors (Lipinski definition) is 2. The number of hydrogen-bond acceptors (Lipinski definition) is 5. The molecule has 1 heterocycles. The maximum absolute atomic E-state index is 12.3. The van der Waals surface area contributed by atoms with E-state index in [9.17, 15) is 9.59 Å². The van der Waals surface area contributed by atoms with Crippen LogP contribution in [-0.2, 0) is 4.74 Å². The lowest BCUT2D eigenvalue weighted by Crippen LogP contribution is -2.17. The quantitative estimate of drug-likeness (QED) is 0.293. The summed E-state index contributed by atoms with van der Waals surface area (Å²) in [6.07, 6.45) is 1.50. The van der Waals surface area contributed by atoms with Crippen LogP contribution in [0.1, 0.15) is 31.8 Å². The van der Waals surface area contributed by atoms with Crippen LogP contribution in [-0.4, -0.2) is 35.2 Å². The van der Waals surface area contributed by atoms with E-state index < -0.39 is 5.97 Å². The molecule has 0 atom stereocenters. The number of methoxy groups -OCH3 is 1. The van der Waals surface area contributed by atoms with Gasteiger partial charge in [0.05, 0.1) is 29.9 Å². The van der Waals surface area contributed by atoms with Gasteiger partial charge in [0.15, 0.2) is 0 Å². The highest BCUT2D eigenvalue weighted by molar-refractivity contribution is 5.95. The second-order valence-electron chi connectivity index (χ2n) is 6.95. The third-order valence-electron chi connectivity index (χ3n) is 4.85. The van der Waals surface area contributed by atoms with Gasteiger partial charge in [0, 0.05) is 11.1 Å². The Hall–Kier alpha value is -4.26. The molecule has 0 saturated heterocycles. The van der Waals surface area contributed by atoms with Gasteiger partial charge in [0.2, 0.25) is 0 Å². The molecular formula is C24H20N4O3. The summed E-state index contributed by atoms with van der Waals surface area (Å²) in [6, 6.07) is 19.8. The summed E-state index contributed by atoms with van der Waals surface area (Å²) in [7, 11) is 1.33. The smallest absolute Gasteiger partial charge is 0.337 e. The Kier molecular flexibility index (Phi) is 5.57. The van der Waals surface area contributed by atoms with E-state index in [0.717, 1.165) is 33.5 Å². The van der Waals surface area contributed by atoms with Gasteiger partial charge < -0.3 is 9.72 Å². The lowest BCUT2D eigenvalue weighted by atomic mass is 10.1. The highest BCUT2D eigenvalue weighted by Gasteiger charge is 2.09. The van der Waals surface area contributed by atoms with Crippen molar-refractivity contribution in [2.75, 3.05) is 7.11 Å². The molecule has 1 aromatic heterocycles. The van der Waals surface area contributed by atoms with Crippen LogP contribution < -0.4 is 5.43 Å². The van der Waals surface area contributed by atoms with Crippen LogP contribution in [0.2, 0.25) is 0 Å². The Morgan fingerprint density at radius 3 is 2.39 bits per heavy atom. The number of nitrogens with zero attached hydrogens (tertiary/aromatic N) is 2. The SMILES string of the molecule is COC(=O)c1ccc(/C=N/NC(=O)c2ccc(-c3nc4c(C)cccc4[nH]3)cc2)cc1. The number of nitrogens with one attached hydrogen (secondary N) is 2. The zero-order valence-corrected chi connectivity index (χ0v) is 17.0. The Morgan fingerprint density at radius 2 is 1.71 bits per heavy atom. The summed E-state index contributed by atoms with van der Waals surface area (Å²) in [6.45, 7) is 2.02. The first-order chi connectivity index (χ1) is 15.0. The zero-order valence-electron chi connectivity index (χ0n) is 17.0.